The molecule has 210 valence electrons. The Morgan fingerprint density at radius 2 is 1.70 bits per heavy atom. The molecule has 0 saturated heterocycles. The van der Waals surface area contributed by atoms with Crippen LogP contribution < -0.4 is 5.32 Å². The standard InChI is InChI=1S/C32H39N5O3/c1-20(2)8-7-11-28-34-35-30(37(28)24-13-14-24)23(19-29(38)33-27-15-12-21(3)18-22(27)4)16-17-36-31(39)25-9-5-6-10-26(25)32(36)40/h5-6,9-10,12,15,18,20,23-24H,7-8,11,13-14,16-17,19H2,1-4H3,(H,33,38). The third-order valence-corrected chi connectivity index (χ3v) is 7.92. The van der Waals surface area contributed by atoms with Crippen molar-refractivity contribution in [1.29, 1.82) is 0 Å². The van der Waals surface area contributed by atoms with Gasteiger partial charge in [-0.25, -0.2) is 0 Å². The number of aromatic nitrogens is 3. The first-order valence-corrected chi connectivity index (χ1v) is 14.5. The Hall–Kier alpha value is -3.81. The number of hydrogen-bond donors (Lipinski definition) is 1. The van der Waals surface area contributed by atoms with Gasteiger partial charge in [0.1, 0.15) is 11.6 Å². The van der Waals surface area contributed by atoms with Crippen LogP contribution in [-0.2, 0) is 11.2 Å². The van der Waals surface area contributed by atoms with Gasteiger partial charge in [-0.1, -0.05) is 50.1 Å². The zero-order valence-corrected chi connectivity index (χ0v) is 23.9. The highest BCUT2D eigenvalue weighted by Crippen LogP contribution is 2.40. The maximum absolute atomic E-state index is 13.4. The lowest BCUT2D eigenvalue weighted by atomic mass is 9.98. The molecule has 3 amide bonds. The molecule has 1 N–H and O–H groups in total. The summed E-state index contributed by atoms with van der Waals surface area (Å²) < 4.78 is 2.25. The minimum Gasteiger partial charge on any atom is -0.326 e. The van der Waals surface area contributed by atoms with E-state index in [4.69, 9.17) is 0 Å². The maximum atomic E-state index is 13.4. The Morgan fingerprint density at radius 1 is 1.00 bits per heavy atom. The number of aryl methyl sites for hydroxylation is 3. The molecule has 1 aromatic heterocycles. The quantitative estimate of drug-likeness (QED) is 0.283. The number of carbonyl (C=O) groups is 3. The summed E-state index contributed by atoms with van der Waals surface area (Å²) in [6.45, 7) is 8.67. The first-order valence-electron chi connectivity index (χ1n) is 14.5. The van der Waals surface area contributed by atoms with E-state index in [-0.39, 0.29) is 36.6 Å². The summed E-state index contributed by atoms with van der Waals surface area (Å²) in [5.74, 6) is 1.41. The Morgan fingerprint density at radius 3 is 2.33 bits per heavy atom. The zero-order chi connectivity index (χ0) is 28.4. The molecule has 2 aliphatic rings. The second kappa shape index (κ2) is 11.7. The second-order valence-electron chi connectivity index (χ2n) is 11.7. The molecule has 8 nitrogen and oxygen atoms in total. The molecule has 0 radical (unpaired) electrons. The molecule has 0 bridgehead atoms. The molecule has 1 fully saturated rings. The van der Waals surface area contributed by atoms with Crippen LogP contribution >= 0.6 is 0 Å². The summed E-state index contributed by atoms with van der Waals surface area (Å²) in [6.07, 6.45) is 5.77. The van der Waals surface area contributed by atoms with Gasteiger partial charge in [0.25, 0.3) is 11.8 Å². The summed E-state index contributed by atoms with van der Waals surface area (Å²) in [6, 6.07) is 13.2. The molecule has 5 rings (SSSR count). The van der Waals surface area contributed by atoms with Crippen LogP contribution in [0.5, 0.6) is 0 Å². The van der Waals surface area contributed by atoms with E-state index in [1.807, 2.05) is 32.0 Å². The first kappa shape index (κ1) is 27.7. The van der Waals surface area contributed by atoms with E-state index in [9.17, 15) is 14.4 Å². The fraction of sp³-hybridized carbons (Fsp3) is 0.469. The molecule has 1 aliphatic carbocycles. The third kappa shape index (κ3) is 6.01. The molecule has 2 heterocycles. The molecule has 1 saturated carbocycles. The SMILES string of the molecule is Cc1ccc(NC(=O)CC(CCN2C(=O)c3ccccc3C2=O)c2nnc(CCCC(C)C)n2C2CC2)c(C)c1. The van der Waals surface area contributed by atoms with Crippen molar-refractivity contribution in [3.05, 3.63) is 76.4 Å². The molecule has 3 aromatic rings. The molecule has 40 heavy (non-hydrogen) atoms. The van der Waals surface area contributed by atoms with E-state index < -0.39 is 0 Å². The highest BCUT2D eigenvalue weighted by atomic mass is 16.2. The Balaban J connectivity index is 1.38. The topological polar surface area (TPSA) is 97.2 Å². The lowest BCUT2D eigenvalue weighted by molar-refractivity contribution is -0.116. The normalized spacial score (nSPS) is 15.6. The number of rotatable bonds is 12. The molecule has 1 aliphatic heterocycles. The van der Waals surface area contributed by atoms with Gasteiger partial charge in [-0.2, -0.15) is 0 Å². The van der Waals surface area contributed by atoms with Crippen molar-refractivity contribution in [2.75, 3.05) is 11.9 Å². The van der Waals surface area contributed by atoms with Gasteiger partial charge in [0.05, 0.1) is 11.1 Å². The summed E-state index contributed by atoms with van der Waals surface area (Å²) in [4.78, 5) is 40.8. The van der Waals surface area contributed by atoms with Crippen molar-refractivity contribution >= 4 is 23.4 Å². The van der Waals surface area contributed by atoms with E-state index >= 15 is 0 Å². The van der Waals surface area contributed by atoms with Crippen LogP contribution in [0, 0.1) is 19.8 Å². The predicted molar refractivity (Wildman–Crippen MR) is 154 cm³/mol. The van der Waals surface area contributed by atoms with Crippen molar-refractivity contribution in [3.63, 3.8) is 0 Å². The van der Waals surface area contributed by atoms with E-state index in [0.717, 1.165) is 60.6 Å². The number of benzene rings is 2. The Labute approximate surface area is 236 Å². The number of amides is 3. The van der Waals surface area contributed by atoms with Crippen LogP contribution in [-0.4, -0.2) is 43.9 Å². The average Bonchev–Trinajstić information content (AvgIpc) is 3.63. The Bertz CT molecular complexity index is 1390. The molecule has 2 aromatic carbocycles. The number of nitrogens with one attached hydrogen (secondary N) is 1. The molecule has 1 unspecified atom stereocenters. The third-order valence-electron chi connectivity index (χ3n) is 7.92. The van der Waals surface area contributed by atoms with Gasteiger partial charge in [0, 0.05) is 37.0 Å². The molecule has 0 spiro atoms. The molecule has 8 heteroatoms. The maximum Gasteiger partial charge on any atom is 0.261 e. The van der Waals surface area contributed by atoms with Crippen LogP contribution in [0.25, 0.3) is 0 Å². The van der Waals surface area contributed by atoms with Crippen molar-refractivity contribution in [2.45, 2.75) is 84.6 Å². The minimum atomic E-state index is -0.290. The summed E-state index contributed by atoms with van der Waals surface area (Å²) in [7, 11) is 0. The molecular formula is C32H39N5O3. The number of fused-ring (bicyclic) bond motifs is 1. The number of anilines is 1. The summed E-state index contributed by atoms with van der Waals surface area (Å²) in [5, 5.41) is 12.3. The smallest absolute Gasteiger partial charge is 0.261 e. The monoisotopic (exact) mass is 541 g/mol. The first-order chi connectivity index (χ1) is 19.2. The summed E-state index contributed by atoms with van der Waals surface area (Å²) in [5.41, 5.74) is 3.80. The van der Waals surface area contributed by atoms with Crippen LogP contribution in [0.15, 0.2) is 42.5 Å². The average molecular weight is 542 g/mol. The van der Waals surface area contributed by atoms with Gasteiger partial charge in [-0.15, -0.1) is 10.2 Å². The van der Waals surface area contributed by atoms with Gasteiger partial charge in [-0.05, 0) is 69.2 Å². The van der Waals surface area contributed by atoms with Crippen molar-refractivity contribution < 1.29 is 14.4 Å². The van der Waals surface area contributed by atoms with E-state index in [2.05, 4.69) is 33.9 Å². The van der Waals surface area contributed by atoms with Crippen LogP contribution in [0.1, 0.15) is 108 Å². The number of imide groups is 1. The van der Waals surface area contributed by atoms with E-state index in [0.29, 0.717) is 29.5 Å². The Kier molecular flexibility index (Phi) is 8.14. The zero-order valence-electron chi connectivity index (χ0n) is 23.9. The number of hydrogen-bond acceptors (Lipinski definition) is 5. The van der Waals surface area contributed by atoms with Gasteiger partial charge >= 0.3 is 0 Å². The molecular weight excluding hydrogens is 502 g/mol. The molecule has 1 atom stereocenters. The minimum absolute atomic E-state index is 0.119. The van der Waals surface area contributed by atoms with Gasteiger partial charge < -0.3 is 9.88 Å². The lowest BCUT2D eigenvalue weighted by Gasteiger charge is -2.21. The number of nitrogens with zero attached hydrogens (tertiary/aromatic N) is 4. The second-order valence-corrected chi connectivity index (χ2v) is 11.7. The lowest BCUT2D eigenvalue weighted by Crippen LogP contribution is -2.32. The van der Waals surface area contributed by atoms with Gasteiger partial charge in [0.2, 0.25) is 5.91 Å². The van der Waals surface area contributed by atoms with Crippen LogP contribution in [0.3, 0.4) is 0 Å². The van der Waals surface area contributed by atoms with Gasteiger partial charge in [-0.3, -0.25) is 19.3 Å². The predicted octanol–water partition coefficient (Wildman–Crippen LogP) is 6.01. The van der Waals surface area contributed by atoms with Crippen molar-refractivity contribution in [1.82, 2.24) is 19.7 Å². The van der Waals surface area contributed by atoms with Crippen LogP contribution in [0.4, 0.5) is 5.69 Å². The summed E-state index contributed by atoms with van der Waals surface area (Å²) >= 11 is 0. The fourth-order valence-electron chi connectivity index (χ4n) is 5.61. The van der Waals surface area contributed by atoms with Crippen molar-refractivity contribution in [3.8, 4) is 0 Å². The highest BCUT2D eigenvalue weighted by molar-refractivity contribution is 6.21. The van der Waals surface area contributed by atoms with E-state index in [1.54, 1.807) is 24.3 Å². The van der Waals surface area contributed by atoms with E-state index in [1.165, 1.54) is 4.90 Å². The van der Waals surface area contributed by atoms with Gasteiger partial charge in [0.15, 0.2) is 0 Å². The largest absolute Gasteiger partial charge is 0.326 e. The fourth-order valence-corrected chi connectivity index (χ4v) is 5.61. The highest BCUT2D eigenvalue weighted by Gasteiger charge is 2.37. The van der Waals surface area contributed by atoms with Crippen LogP contribution in [0.2, 0.25) is 0 Å². The van der Waals surface area contributed by atoms with Crippen molar-refractivity contribution in [2.24, 2.45) is 5.92 Å². The number of carbonyl (C=O) groups excluding carboxylic acids is 3.